The Morgan fingerprint density at radius 1 is 1.29 bits per heavy atom. The number of anilines is 2. The topological polar surface area (TPSA) is 90.0 Å². The molecule has 2 atom stereocenters. The molecule has 1 aromatic carbocycles. The molecular formula is C17H21N3O4. The molecule has 128 valence electrons. The summed E-state index contributed by atoms with van der Waals surface area (Å²) in [6, 6.07) is 5.23. The smallest absolute Gasteiger partial charge is 0.308 e. The number of nitrogens with zero attached hydrogens (tertiary/aromatic N) is 2. The van der Waals surface area contributed by atoms with Crippen molar-refractivity contribution in [2.45, 2.75) is 13.3 Å². The SMILES string of the molecule is C[C@@H]1CN(C(=O)c2ccc3c(c2)NC(=O)CCN3C)C[C@H]1C(=O)O. The summed E-state index contributed by atoms with van der Waals surface area (Å²) in [5.41, 5.74) is 1.95. The van der Waals surface area contributed by atoms with Gasteiger partial charge in [-0.25, -0.2) is 0 Å². The molecule has 0 spiro atoms. The van der Waals surface area contributed by atoms with Crippen LogP contribution in [0.15, 0.2) is 18.2 Å². The third-order valence-corrected chi connectivity index (χ3v) is 4.82. The lowest BCUT2D eigenvalue weighted by Crippen LogP contribution is -2.30. The summed E-state index contributed by atoms with van der Waals surface area (Å²) >= 11 is 0. The summed E-state index contributed by atoms with van der Waals surface area (Å²) in [5.74, 6) is -1.74. The lowest BCUT2D eigenvalue weighted by atomic mass is 9.99. The highest BCUT2D eigenvalue weighted by Gasteiger charge is 2.37. The second-order valence-electron chi connectivity index (χ2n) is 6.58. The summed E-state index contributed by atoms with van der Waals surface area (Å²) in [6.45, 7) is 3.12. The minimum absolute atomic E-state index is 0.0712. The summed E-state index contributed by atoms with van der Waals surface area (Å²) in [6.07, 6.45) is 0.401. The van der Waals surface area contributed by atoms with Crippen LogP contribution in [0.25, 0.3) is 0 Å². The predicted octanol–water partition coefficient (Wildman–Crippen LogP) is 1.26. The lowest BCUT2D eigenvalue weighted by molar-refractivity contribution is -0.142. The van der Waals surface area contributed by atoms with Gasteiger partial charge >= 0.3 is 5.97 Å². The molecular weight excluding hydrogens is 310 g/mol. The molecule has 3 rings (SSSR count). The maximum Gasteiger partial charge on any atom is 0.308 e. The number of amides is 2. The van der Waals surface area contributed by atoms with Gasteiger partial charge in [0.2, 0.25) is 5.91 Å². The third kappa shape index (κ3) is 2.93. The van der Waals surface area contributed by atoms with Crippen LogP contribution < -0.4 is 10.2 Å². The van der Waals surface area contributed by atoms with Crippen LogP contribution >= 0.6 is 0 Å². The van der Waals surface area contributed by atoms with Crippen LogP contribution in [0.3, 0.4) is 0 Å². The summed E-state index contributed by atoms with van der Waals surface area (Å²) in [5, 5.41) is 12.0. The molecule has 0 bridgehead atoms. The molecule has 1 aromatic rings. The van der Waals surface area contributed by atoms with Gasteiger partial charge < -0.3 is 20.2 Å². The average Bonchev–Trinajstić information content (AvgIpc) is 2.87. The number of fused-ring (bicyclic) bond motifs is 1. The van der Waals surface area contributed by atoms with E-state index in [0.29, 0.717) is 30.8 Å². The van der Waals surface area contributed by atoms with Crippen LogP contribution in [0.4, 0.5) is 11.4 Å². The van der Waals surface area contributed by atoms with E-state index in [2.05, 4.69) is 5.32 Å². The van der Waals surface area contributed by atoms with E-state index in [4.69, 9.17) is 0 Å². The van der Waals surface area contributed by atoms with Crippen LogP contribution in [-0.4, -0.2) is 54.5 Å². The number of nitrogens with one attached hydrogen (secondary N) is 1. The highest BCUT2D eigenvalue weighted by atomic mass is 16.4. The van der Waals surface area contributed by atoms with Crippen molar-refractivity contribution in [1.82, 2.24) is 4.90 Å². The van der Waals surface area contributed by atoms with Gasteiger partial charge in [-0.05, 0) is 24.1 Å². The van der Waals surface area contributed by atoms with Gasteiger partial charge in [-0.3, -0.25) is 14.4 Å². The molecule has 2 aliphatic heterocycles. The molecule has 0 aromatic heterocycles. The number of carbonyl (C=O) groups is 3. The minimum atomic E-state index is -0.867. The zero-order valence-electron chi connectivity index (χ0n) is 13.8. The first kappa shape index (κ1) is 16.3. The molecule has 2 heterocycles. The van der Waals surface area contributed by atoms with Gasteiger partial charge in [-0.2, -0.15) is 0 Å². The van der Waals surface area contributed by atoms with Crippen molar-refractivity contribution >= 4 is 29.2 Å². The number of carboxylic acids is 1. The quantitative estimate of drug-likeness (QED) is 0.851. The van der Waals surface area contributed by atoms with Gasteiger partial charge in [0.1, 0.15) is 0 Å². The number of benzene rings is 1. The zero-order chi connectivity index (χ0) is 17.4. The van der Waals surface area contributed by atoms with Gasteiger partial charge in [0.15, 0.2) is 0 Å². The molecule has 0 aliphatic carbocycles. The Balaban J connectivity index is 1.84. The largest absolute Gasteiger partial charge is 0.481 e. The molecule has 24 heavy (non-hydrogen) atoms. The van der Waals surface area contributed by atoms with E-state index < -0.39 is 11.9 Å². The van der Waals surface area contributed by atoms with Crippen molar-refractivity contribution in [2.24, 2.45) is 11.8 Å². The van der Waals surface area contributed by atoms with E-state index in [9.17, 15) is 19.5 Å². The van der Waals surface area contributed by atoms with Crippen LogP contribution in [0, 0.1) is 11.8 Å². The lowest BCUT2D eigenvalue weighted by Gasteiger charge is -2.20. The summed E-state index contributed by atoms with van der Waals surface area (Å²) in [4.78, 5) is 39.3. The number of likely N-dealkylation sites (tertiary alicyclic amines) is 1. The van der Waals surface area contributed by atoms with E-state index in [1.807, 2.05) is 24.9 Å². The van der Waals surface area contributed by atoms with E-state index in [1.54, 1.807) is 17.0 Å². The average molecular weight is 331 g/mol. The second kappa shape index (κ2) is 6.14. The van der Waals surface area contributed by atoms with Crippen LogP contribution in [0.5, 0.6) is 0 Å². The second-order valence-corrected chi connectivity index (χ2v) is 6.58. The Bertz CT molecular complexity index is 703. The Hall–Kier alpha value is -2.57. The molecule has 1 saturated heterocycles. The van der Waals surface area contributed by atoms with Gasteiger partial charge in [0, 0.05) is 38.7 Å². The fourth-order valence-corrected chi connectivity index (χ4v) is 3.34. The van der Waals surface area contributed by atoms with Crippen LogP contribution in [0.2, 0.25) is 0 Å². The van der Waals surface area contributed by atoms with Crippen molar-refractivity contribution in [3.8, 4) is 0 Å². The first-order chi connectivity index (χ1) is 11.4. The number of rotatable bonds is 2. The Kier molecular flexibility index (Phi) is 4.17. The zero-order valence-corrected chi connectivity index (χ0v) is 13.8. The summed E-state index contributed by atoms with van der Waals surface area (Å²) in [7, 11) is 1.90. The first-order valence-corrected chi connectivity index (χ1v) is 8.04. The maximum absolute atomic E-state index is 12.7. The van der Waals surface area contributed by atoms with E-state index >= 15 is 0 Å². The van der Waals surface area contributed by atoms with Gasteiger partial charge in [-0.1, -0.05) is 6.92 Å². The van der Waals surface area contributed by atoms with Crippen molar-refractivity contribution in [3.63, 3.8) is 0 Å². The van der Waals surface area contributed by atoms with Crippen molar-refractivity contribution < 1.29 is 19.5 Å². The third-order valence-electron chi connectivity index (χ3n) is 4.82. The van der Waals surface area contributed by atoms with Crippen molar-refractivity contribution in [1.29, 1.82) is 0 Å². The predicted molar refractivity (Wildman–Crippen MR) is 89.2 cm³/mol. The van der Waals surface area contributed by atoms with Crippen molar-refractivity contribution in [2.75, 3.05) is 36.9 Å². The van der Waals surface area contributed by atoms with Crippen LogP contribution in [0.1, 0.15) is 23.7 Å². The Morgan fingerprint density at radius 2 is 2.04 bits per heavy atom. The normalized spacial score (nSPS) is 23.5. The fourth-order valence-electron chi connectivity index (χ4n) is 3.34. The van der Waals surface area contributed by atoms with Gasteiger partial charge in [0.25, 0.3) is 5.91 Å². The molecule has 2 aliphatic rings. The molecule has 1 fully saturated rings. The van der Waals surface area contributed by atoms with E-state index in [1.165, 1.54) is 0 Å². The van der Waals surface area contributed by atoms with Crippen molar-refractivity contribution in [3.05, 3.63) is 23.8 Å². The fraction of sp³-hybridized carbons (Fsp3) is 0.471. The molecule has 0 unspecified atom stereocenters. The number of hydrogen-bond donors (Lipinski definition) is 2. The first-order valence-electron chi connectivity index (χ1n) is 8.04. The summed E-state index contributed by atoms with van der Waals surface area (Å²) < 4.78 is 0. The molecule has 2 amide bonds. The number of aliphatic carboxylic acids is 1. The molecule has 0 saturated carbocycles. The number of carboxylic acid groups (broad SMARTS) is 1. The van der Waals surface area contributed by atoms with E-state index in [-0.39, 0.29) is 24.3 Å². The van der Waals surface area contributed by atoms with Gasteiger partial charge in [0.05, 0.1) is 17.3 Å². The standard InChI is InChI=1S/C17H21N3O4/c1-10-8-20(9-12(10)17(23)24)16(22)11-3-4-14-13(7-11)18-15(21)5-6-19(14)2/h3-4,7,10,12H,5-6,8-9H2,1-2H3,(H,18,21)(H,23,24)/t10-,12-/m1/s1. The maximum atomic E-state index is 12.7. The molecule has 7 nitrogen and oxygen atoms in total. The van der Waals surface area contributed by atoms with Crippen LogP contribution in [-0.2, 0) is 9.59 Å². The number of carbonyl (C=O) groups excluding carboxylic acids is 2. The molecule has 0 radical (unpaired) electrons. The minimum Gasteiger partial charge on any atom is -0.481 e. The molecule has 7 heteroatoms. The highest BCUT2D eigenvalue weighted by Crippen LogP contribution is 2.31. The Labute approximate surface area is 140 Å². The monoisotopic (exact) mass is 331 g/mol. The van der Waals surface area contributed by atoms with Gasteiger partial charge in [-0.15, -0.1) is 0 Å². The highest BCUT2D eigenvalue weighted by molar-refractivity contribution is 6.01. The number of hydrogen-bond acceptors (Lipinski definition) is 4. The Morgan fingerprint density at radius 3 is 2.71 bits per heavy atom. The molecule has 2 N–H and O–H groups in total. The van der Waals surface area contributed by atoms with E-state index in [0.717, 1.165) is 5.69 Å².